The van der Waals surface area contributed by atoms with Gasteiger partial charge in [0.25, 0.3) is 0 Å². The van der Waals surface area contributed by atoms with Crippen molar-refractivity contribution in [2.45, 2.75) is 13.1 Å². The summed E-state index contributed by atoms with van der Waals surface area (Å²) in [6.45, 7) is 5.14. The van der Waals surface area contributed by atoms with Gasteiger partial charge >= 0.3 is 0 Å². The maximum absolute atomic E-state index is 7.42. The Morgan fingerprint density at radius 1 is 0.857 bits per heavy atom. The minimum atomic E-state index is 0. The Morgan fingerprint density at radius 3 is 1.82 bits per heavy atom. The number of rotatable bonds is 6. The Balaban J connectivity index is 0.00000280. The van der Waals surface area contributed by atoms with Crippen LogP contribution in [0.3, 0.4) is 0 Å². The summed E-state index contributed by atoms with van der Waals surface area (Å²) in [5.41, 5.74) is 9.79. The summed E-state index contributed by atoms with van der Waals surface area (Å²) in [4.78, 5) is 18.3. The number of nitrogens with one attached hydrogen (secondary N) is 1. The molecule has 1 aromatic carbocycles. The maximum Gasteiger partial charge on any atom is 0.229 e. The molecule has 1 N–H and O–H groups in total. The van der Waals surface area contributed by atoms with Gasteiger partial charge in [0.2, 0.25) is 5.95 Å². The van der Waals surface area contributed by atoms with Crippen molar-refractivity contribution < 1.29 is 44.1 Å². The SMILES string of the molecule is CN(C)c1cc(N(C)C)nc(N2CCN(Cc3ccc(C[NH-])cc3)CC2)n1.[Ac]. The number of aromatic nitrogens is 2. The molecule has 2 heterocycles. The van der Waals surface area contributed by atoms with Gasteiger partial charge in [-0.25, -0.2) is 0 Å². The number of nitrogens with zero attached hydrogens (tertiary/aromatic N) is 6. The monoisotopic (exact) mass is 595 g/mol. The summed E-state index contributed by atoms with van der Waals surface area (Å²) in [5, 5.41) is 0. The molecule has 1 aromatic heterocycles. The minimum Gasteiger partial charge on any atom is -0.674 e. The van der Waals surface area contributed by atoms with Crippen LogP contribution in [0.15, 0.2) is 30.3 Å². The van der Waals surface area contributed by atoms with Crippen molar-refractivity contribution in [2.75, 3.05) is 69.1 Å². The van der Waals surface area contributed by atoms with E-state index in [1.807, 2.05) is 44.1 Å². The molecule has 0 bridgehead atoms. The normalized spacial score (nSPS) is 14.5. The van der Waals surface area contributed by atoms with Crippen molar-refractivity contribution in [1.82, 2.24) is 14.9 Å². The molecule has 0 saturated carbocycles. The van der Waals surface area contributed by atoms with Gasteiger partial charge in [0.05, 0.1) is 0 Å². The number of hydrogen-bond donors (Lipinski definition) is 0. The fourth-order valence-corrected chi connectivity index (χ4v) is 3.14. The zero-order valence-electron chi connectivity index (χ0n) is 17.4. The first-order chi connectivity index (χ1) is 13.0. The topological polar surface area (TPSA) is 62.5 Å². The molecule has 1 fully saturated rings. The quantitative estimate of drug-likeness (QED) is 0.512. The number of benzene rings is 1. The van der Waals surface area contributed by atoms with Crippen LogP contribution in [-0.4, -0.2) is 69.2 Å². The Labute approximate surface area is 204 Å². The summed E-state index contributed by atoms with van der Waals surface area (Å²) in [5.74, 6) is 2.67. The van der Waals surface area contributed by atoms with Gasteiger partial charge in [-0.2, -0.15) is 9.97 Å². The second kappa shape index (κ2) is 10.7. The molecule has 28 heavy (non-hydrogen) atoms. The van der Waals surface area contributed by atoms with E-state index in [9.17, 15) is 0 Å². The molecule has 0 unspecified atom stereocenters. The first kappa shape index (κ1) is 23.3. The van der Waals surface area contributed by atoms with E-state index >= 15 is 0 Å². The third-order valence-corrected chi connectivity index (χ3v) is 4.89. The number of piperazine rings is 1. The van der Waals surface area contributed by atoms with E-state index in [0.717, 1.165) is 55.9 Å². The van der Waals surface area contributed by atoms with Crippen molar-refractivity contribution in [3.8, 4) is 0 Å². The van der Waals surface area contributed by atoms with Crippen LogP contribution in [0.5, 0.6) is 0 Å². The molecule has 1 aliphatic heterocycles. The standard InChI is InChI=1S/C20H30N7.Ac/c1-24(2)18-13-19(25(3)4)23-20(22-18)27-11-9-26(10-12-27)15-17-7-5-16(14-21)6-8-17;/h5-8,13,21H,9-12,14-15H2,1-4H3;/q-1;. The second-order valence-electron chi connectivity index (χ2n) is 7.43. The molecule has 0 amide bonds. The van der Waals surface area contributed by atoms with Crippen LogP contribution in [0.2, 0.25) is 0 Å². The molecule has 0 spiro atoms. The van der Waals surface area contributed by atoms with E-state index in [1.165, 1.54) is 5.56 Å². The van der Waals surface area contributed by atoms with Crippen molar-refractivity contribution in [2.24, 2.45) is 0 Å². The molecule has 1 radical (unpaired) electrons. The third-order valence-electron chi connectivity index (χ3n) is 4.89. The third kappa shape index (κ3) is 6.03. The van der Waals surface area contributed by atoms with Gasteiger partial charge in [0, 0.05) is 111 Å². The van der Waals surface area contributed by atoms with E-state index in [-0.39, 0.29) is 44.1 Å². The Morgan fingerprint density at radius 2 is 1.36 bits per heavy atom. The van der Waals surface area contributed by atoms with Gasteiger partial charge in [-0.1, -0.05) is 29.8 Å². The van der Waals surface area contributed by atoms with E-state index in [4.69, 9.17) is 15.7 Å². The Bertz CT molecular complexity index is 714. The summed E-state index contributed by atoms with van der Waals surface area (Å²) >= 11 is 0. The van der Waals surface area contributed by atoms with Crippen LogP contribution in [0, 0.1) is 44.1 Å². The molecule has 0 atom stereocenters. The Hall–Kier alpha value is -0.938. The average molecular weight is 596 g/mol. The van der Waals surface area contributed by atoms with Gasteiger partial charge in [-0.05, 0) is 5.56 Å². The number of anilines is 3. The van der Waals surface area contributed by atoms with Gasteiger partial charge in [-0.3, -0.25) is 4.90 Å². The van der Waals surface area contributed by atoms with Crippen molar-refractivity contribution in [1.29, 1.82) is 0 Å². The van der Waals surface area contributed by atoms with Crippen molar-refractivity contribution in [3.63, 3.8) is 0 Å². The first-order valence-corrected chi connectivity index (χ1v) is 9.39. The van der Waals surface area contributed by atoms with E-state index in [0.29, 0.717) is 6.54 Å². The molecular weight excluding hydrogens is 565 g/mol. The van der Waals surface area contributed by atoms with Crippen LogP contribution in [0.25, 0.3) is 5.73 Å². The van der Waals surface area contributed by atoms with Crippen LogP contribution < -0.4 is 14.7 Å². The van der Waals surface area contributed by atoms with Gasteiger partial charge in [-0.15, -0.1) is 6.54 Å². The van der Waals surface area contributed by atoms with Crippen molar-refractivity contribution >= 4 is 17.6 Å². The van der Waals surface area contributed by atoms with Gasteiger partial charge < -0.3 is 20.4 Å². The summed E-state index contributed by atoms with van der Waals surface area (Å²) in [6, 6.07) is 10.4. The zero-order chi connectivity index (χ0) is 19.4. The molecule has 1 aliphatic rings. The molecule has 149 valence electrons. The molecule has 3 rings (SSSR count). The van der Waals surface area contributed by atoms with E-state index in [2.05, 4.69) is 34.1 Å². The van der Waals surface area contributed by atoms with Gasteiger partial charge in [0.1, 0.15) is 11.6 Å². The summed E-state index contributed by atoms with van der Waals surface area (Å²) < 4.78 is 0. The molecule has 1 saturated heterocycles. The summed E-state index contributed by atoms with van der Waals surface area (Å²) in [7, 11) is 8.04. The first-order valence-electron chi connectivity index (χ1n) is 9.39. The smallest absolute Gasteiger partial charge is 0.229 e. The fraction of sp³-hybridized carbons (Fsp3) is 0.500. The van der Waals surface area contributed by atoms with Gasteiger partial charge in [0.15, 0.2) is 0 Å². The van der Waals surface area contributed by atoms with E-state index < -0.39 is 0 Å². The van der Waals surface area contributed by atoms with Crippen LogP contribution in [0.1, 0.15) is 11.1 Å². The number of hydrogen-bond acceptors (Lipinski definition) is 6. The maximum atomic E-state index is 7.42. The van der Waals surface area contributed by atoms with Crippen LogP contribution in [-0.2, 0) is 13.1 Å². The second-order valence-corrected chi connectivity index (χ2v) is 7.43. The van der Waals surface area contributed by atoms with E-state index in [1.54, 1.807) is 0 Å². The predicted molar refractivity (Wildman–Crippen MR) is 113 cm³/mol. The largest absolute Gasteiger partial charge is 0.674 e. The minimum absolute atomic E-state index is 0. The van der Waals surface area contributed by atoms with Crippen LogP contribution in [0.4, 0.5) is 17.6 Å². The molecule has 8 heteroatoms. The predicted octanol–water partition coefficient (Wildman–Crippen LogP) is 2.48. The fourth-order valence-electron chi connectivity index (χ4n) is 3.14. The van der Waals surface area contributed by atoms with Crippen LogP contribution >= 0.6 is 0 Å². The zero-order valence-corrected chi connectivity index (χ0v) is 22.1. The average Bonchev–Trinajstić information content (AvgIpc) is 2.68. The summed E-state index contributed by atoms with van der Waals surface area (Å²) in [6.07, 6.45) is 0. The molecule has 2 aromatic rings. The molecule has 7 nitrogen and oxygen atoms in total. The Kier molecular flexibility index (Phi) is 8.94. The van der Waals surface area contributed by atoms with Crippen molar-refractivity contribution in [3.05, 3.63) is 47.2 Å². The molecule has 0 aliphatic carbocycles. The molecular formula is C20H30AcN7-.